The number of rotatable bonds is 5. The van der Waals surface area contributed by atoms with Crippen molar-refractivity contribution in [3.05, 3.63) is 72.3 Å². The van der Waals surface area contributed by atoms with Crippen molar-refractivity contribution >= 4 is 0 Å². The maximum Gasteiger partial charge on any atom is 0.171 e. The third-order valence-corrected chi connectivity index (χ3v) is 2.56. The Morgan fingerprint density at radius 2 is 1.53 bits per heavy atom. The number of benzene rings is 2. The molecule has 2 aromatic carbocycles. The largest absolute Gasteiger partial charge is 0.457 e. The average Bonchev–Trinajstić information content (AvgIpc) is 2.42. The lowest BCUT2D eigenvalue weighted by atomic mass is 10.1. The van der Waals surface area contributed by atoms with Crippen molar-refractivity contribution in [1.82, 2.24) is 0 Å². The summed E-state index contributed by atoms with van der Waals surface area (Å²) in [6.45, 7) is 0. The molecule has 0 unspecified atom stereocenters. The van der Waals surface area contributed by atoms with E-state index >= 15 is 0 Å². The lowest BCUT2D eigenvalue weighted by Gasteiger charge is -2.05. The van der Waals surface area contributed by atoms with Crippen LogP contribution in [-0.4, -0.2) is 16.5 Å². The van der Waals surface area contributed by atoms with Crippen LogP contribution in [0.25, 0.3) is 0 Å². The van der Waals surface area contributed by atoms with Crippen molar-refractivity contribution in [3.8, 4) is 11.5 Å². The van der Waals surface area contributed by atoms with Crippen LogP contribution >= 0.6 is 0 Å². The molecule has 3 heteroatoms. The van der Waals surface area contributed by atoms with E-state index in [9.17, 15) is 0 Å². The van der Waals surface area contributed by atoms with Gasteiger partial charge < -0.3 is 14.9 Å². The zero-order valence-corrected chi connectivity index (χ0v) is 10.4. The van der Waals surface area contributed by atoms with E-state index in [0.717, 1.165) is 17.1 Å². The summed E-state index contributed by atoms with van der Waals surface area (Å²) in [6, 6.07) is 17.3. The fraction of sp³-hybridized carbons (Fsp3) is 0.125. The molecule has 0 saturated carbocycles. The quantitative estimate of drug-likeness (QED) is 0.639. The maximum absolute atomic E-state index is 8.69. The molecule has 0 aliphatic rings. The number of aliphatic hydroxyl groups is 2. The first-order chi connectivity index (χ1) is 9.24. The van der Waals surface area contributed by atoms with Crippen LogP contribution in [0, 0.1) is 0 Å². The van der Waals surface area contributed by atoms with Gasteiger partial charge in [-0.25, -0.2) is 0 Å². The van der Waals surface area contributed by atoms with E-state index in [4.69, 9.17) is 14.9 Å². The molecule has 0 radical (unpaired) electrons. The summed E-state index contributed by atoms with van der Waals surface area (Å²) >= 11 is 0. The molecule has 0 amide bonds. The van der Waals surface area contributed by atoms with Crippen LogP contribution in [0.15, 0.2) is 66.7 Å². The van der Waals surface area contributed by atoms with Gasteiger partial charge in [-0.15, -0.1) is 0 Å². The molecule has 0 aromatic heterocycles. The molecule has 0 saturated heterocycles. The first-order valence-electron chi connectivity index (χ1n) is 6.09. The summed E-state index contributed by atoms with van der Waals surface area (Å²) in [5.41, 5.74) is 1.08. The van der Waals surface area contributed by atoms with E-state index in [1.54, 1.807) is 6.08 Å². The van der Waals surface area contributed by atoms with Gasteiger partial charge in [-0.2, -0.15) is 0 Å². The van der Waals surface area contributed by atoms with E-state index in [0.29, 0.717) is 6.42 Å². The Hall–Kier alpha value is -2.10. The maximum atomic E-state index is 8.69. The predicted octanol–water partition coefficient (Wildman–Crippen LogP) is 2.89. The standard InChI is InChI=1S/C16H16O3/c17-16(18)8-4-5-13-9-11-15(12-10-13)19-14-6-2-1-3-7-14/h1-4,6-12,16-18H,5H2. The molecule has 2 rings (SSSR count). The first-order valence-corrected chi connectivity index (χ1v) is 6.09. The van der Waals surface area contributed by atoms with Gasteiger partial charge in [0.15, 0.2) is 6.29 Å². The van der Waals surface area contributed by atoms with E-state index in [-0.39, 0.29) is 0 Å². The lowest BCUT2D eigenvalue weighted by Crippen LogP contribution is -1.97. The van der Waals surface area contributed by atoms with Crippen molar-refractivity contribution < 1.29 is 14.9 Å². The summed E-state index contributed by atoms with van der Waals surface area (Å²) in [5.74, 6) is 1.58. The number of hydrogen-bond donors (Lipinski definition) is 2. The fourth-order valence-electron chi connectivity index (χ4n) is 1.64. The molecule has 0 spiro atoms. The van der Waals surface area contributed by atoms with Gasteiger partial charge in [-0.05, 0) is 42.3 Å². The summed E-state index contributed by atoms with van der Waals surface area (Å²) in [6.07, 6.45) is 2.33. The minimum atomic E-state index is -1.39. The minimum Gasteiger partial charge on any atom is -0.457 e. The molecule has 0 fully saturated rings. The average molecular weight is 256 g/mol. The highest BCUT2D eigenvalue weighted by Crippen LogP contribution is 2.21. The molecule has 98 valence electrons. The Bertz CT molecular complexity index is 515. The van der Waals surface area contributed by atoms with Crippen LogP contribution < -0.4 is 4.74 Å². The first kappa shape index (κ1) is 13.3. The van der Waals surface area contributed by atoms with E-state index in [2.05, 4.69) is 0 Å². The molecule has 0 aliphatic carbocycles. The van der Waals surface area contributed by atoms with Gasteiger partial charge in [0.25, 0.3) is 0 Å². The molecule has 2 N–H and O–H groups in total. The van der Waals surface area contributed by atoms with Gasteiger partial charge in [-0.1, -0.05) is 36.4 Å². The molecule has 3 nitrogen and oxygen atoms in total. The third kappa shape index (κ3) is 4.58. The molecular weight excluding hydrogens is 240 g/mol. The smallest absolute Gasteiger partial charge is 0.171 e. The van der Waals surface area contributed by atoms with Gasteiger partial charge >= 0.3 is 0 Å². The van der Waals surface area contributed by atoms with Crippen LogP contribution in [0.3, 0.4) is 0 Å². The van der Waals surface area contributed by atoms with Gasteiger partial charge in [0.2, 0.25) is 0 Å². The number of para-hydroxylation sites is 1. The Balaban J connectivity index is 1.95. The van der Waals surface area contributed by atoms with Crippen molar-refractivity contribution in [2.75, 3.05) is 0 Å². The zero-order chi connectivity index (χ0) is 13.5. The second-order valence-electron chi connectivity index (χ2n) is 4.10. The Morgan fingerprint density at radius 1 is 0.895 bits per heavy atom. The van der Waals surface area contributed by atoms with Gasteiger partial charge in [-0.3, -0.25) is 0 Å². The monoisotopic (exact) mass is 256 g/mol. The SMILES string of the molecule is OC(O)C=CCc1ccc(Oc2ccccc2)cc1. The summed E-state index contributed by atoms with van der Waals surface area (Å²) in [5, 5.41) is 17.4. The van der Waals surface area contributed by atoms with Crippen LogP contribution in [0.5, 0.6) is 11.5 Å². The van der Waals surface area contributed by atoms with Crippen LogP contribution in [-0.2, 0) is 6.42 Å². The van der Waals surface area contributed by atoms with E-state index in [1.165, 1.54) is 6.08 Å². The molecule has 0 heterocycles. The van der Waals surface area contributed by atoms with Gasteiger partial charge in [0, 0.05) is 0 Å². The van der Waals surface area contributed by atoms with Crippen molar-refractivity contribution in [2.24, 2.45) is 0 Å². The van der Waals surface area contributed by atoms with Crippen LogP contribution in [0.4, 0.5) is 0 Å². The van der Waals surface area contributed by atoms with Crippen molar-refractivity contribution in [1.29, 1.82) is 0 Å². The predicted molar refractivity (Wildman–Crippen MR) is 74.0 cm³/mol. The third-order valence-electron chi connectivity index (χ3n) is 2.56. The highest BCUT2D eigenvalue weighted by molar-refractivity contribution is 5.33. The highest BCUT2D eigenvalue weighted by atomic mass is 16.5. The summed E-state index contributed by atoms with van der Waals surface area (Å²) in [7, 11) is 0. The summed E-state index contributed by atoms with van der Waals surface area (Å²) < 4.78 is 5.68. The van der Waals surface area contributed by atoms with Crippen LogP contribution in [0.1, 0.15) is 5.56 Å². The molecule has 0 atom stereocenters. The van der Waals surface area contributed by atoms with Crippen molar-refractivity contribution in [3.63, 3.8) is 0 Å². The Morgan fingerprint density at radius 3 is 2.16 bits per heavy atom. The fourth-order valence-corrected chi connectivity index (χ4v) is 1.64. The minimum absolute atomic E-state index is 0.656. The van der Waals surface area contributed by atoms with Crippen molar-refractivity contribution in [2.45, 2.75) is 12.7 Å². The Kier molecular flexibility index (Phi) is 4.72. The van der Waals surface area contributed by atoms with E-state index in [1.807, 2.05) is 54.6 Å². The molecule has 0 aliphatic heterocycles. The number of aliphatic hydroxyl groups excluding tert-OH is 1. The molecular formula is C16H16O3. The zero-order valence-electron chi connectivity index (χ0n) is 10.4. The van der Waals surface area contributed by atoms with Gasteiger partial charge in [0.05, 0.1) is 0 Å². The van der Waals surface area contributed by atoms with Crippen LogP contribution in [0.2, 0.25) is 0 Å². The second-order valence-corrected chi connectivity index (χ2v) is 4.10. The topological polar surface area (TPSA) is 49.7 Å². The van der Waals surface area contributed by atoms with E-state index < -0.39 is 6.29 Å². The normalized spacial score (nSPS) is 11.1. The van der Waals surface area contributed by atoms with Gasteiger partial charge in [0.1, 0.15) is 11.5 Å². The molecule has 19 heavy (non-hydrogen) atoms. The summed E-state index contributed by atoms with van der Waals surface area (Å²) in [4.78, 5) is 0. The Labute approximate surface area is 112 Å². The molecule has 0 bridgehead atoms. The number of hydrogen-bond acceptors (Lipinski definition) is 3. The molecule has 2 aromatic rings. The number of ether oxygens (including phenoxy) is 1. The highest BCUT2D eigenvalue weighted by Gasteiger charge is 1.97. The second kappa shape index (κ2) is 6.73. The lowest BCUT2D eigenvalue weighted by molar-refractivity contribution is 0.00221. The number of allylic oxidation sites excluding steroid dienone is 1.